The van der Waals surface area contributed by atoms with Gasteiger partial charge in [-0.3, -0.25) is 4.79 Å². The number of nitrogens with zero attached hydrogens (tertiary/aromatic N) is 1. The third-order valence-corrected chi connectivity index (χ3v) is 2.58. The van der Waals surface area contributed by atoms with Crippen LogP contribution < -0.4 is 4.74 Å². The predicted octanol–water partition coefficient (Wildman–Crippen LogP) is 2.23. The number of carbonyl (C=O) groups excluding carboxylic acids is 1. The fourth-order valence-corrected chi connectivity index (χ4v) is 1.82. The maximum Gasteiger partial charge on any atom is 0.310 e. The van der Waals surface area contributed by atoms with Crippen molar-refractivity contribution in [2.45, 2.75) is 26.7 Å². The zero-order valence-electron chi connectivity index (χ0n) is 10.9. The molecular formula is C14H17NO3. The number of benzene rings is 1. The largest absolute Gasteiger partial charge is 0.495 e. The molecule has 1 rings (SSSR count). The number of rotatable bonds is 5. The highest BCUT2D eigenvalue weighted by atomic mass is 16.5. The average molecular weight is 247 g/mol. The summed E-state index contributed by atoms with van der Waals surface area (Å²) in [5.74, 6) is 0.307. The summed E-state index contributed by atoms with van der Waals surface area (Å²) in [7, 11) is 1.54. The Hall–Kier alpha value is -2.02. The number of hydrogen-bond acceptors (Lipinski definition) is 4. The van der Waals surface area contributed by atoms with Crippen molar-refractivity contribution in [2.75, 3.05) is 13.7 Å². The lowest BCUT2D eigenvalue weighted by molar-refractivity contribution is -0.142. The topological polar surface area (TPSA) is 59.3 Å². The van der Waals surface area contributed by atoms with E-state index in [1.165, 1.54) is 0 Å². The smallest absolute Gasteiger partial charge is 0.310 e. The molecule has 0 saturated heterocycles. The molecule has 0 radical (unpaired) electrons. The van der Waals surface area contributed by atoms with E-state index >= 15 is 0 Å². The Morgan fingerprint density at radius 2 is 2.11 bits per heavy atom. The van der Waals surface area contributed by atoms with Crippen LogP contribution in [0.4, 0.5) is 0 Å². The standard InChI is InChI=1S/C14H17NO3/c1-4-11-6-10(8-13(16)18-5-2)7-12(9-15)14(11)17-3/h6-7H,4-5,8H2,1-3H3. The van der Waals surface area contributed by atoms with Gasteiger partial charge in [-0.05, 0) is 30.5 Å². The van der Waals surface area contributed by atoms with E-state index in [9.17, 15) is 4.79 Å². The first-order valence-corrected chi connectivity index (χ1v) is 5.91. The van der Waals surface area contributed by atoms with E-state index in [2.05, 4.69) is 6.07 Å². The second-order valence-electron chi connectivity index (χ2n) is 3.78. The number of aryl methyl sites for hydroxylation is 1. The third-order valence-electron chi connectivity index (χ3n) is 2.58. The summed E-state index contributed by atoms with van der Waals surface area (Å²) in [4.78, 5) is 11.4. The van der Waals surface area contributed by atoms with Crippen LogP contribution in [0.5, 0.6) is 5.75 Å². The van der Waals surface area contributed by atoms with Crippen molar-refractivity contribution in [1.82, 2.24) is 0 Å². The van der Waals surface area contributed by atoms with E-state index in [0.29, 0.717) is 17.9 Å². The van der Waals surface area contributed by atoms with Gasteiger partial charge in [0.2, 0.25) is 0 Å². The van der Waals surface area contributed by atoms with E-state index in [4.69, 9.17) is 14.7 Å². The number of esters is 1. The zero-order chi connectivity index (χ0) is 13.5. The van der Waals surface area contributed by atoms with Gasteiger partial charge in [0, 0.05) is 0 Å². The van der Waals surface area contributed by atoms with E-state index < -0.39 is 0 Å². The summed E-state index contributed by atoms with van der Waals surface area (Å²) < 4.78 is 10.1. The number of nitriles is 1. The SMILES string of the molecule is CCOC(=O)Cc1cc(C#N)c(OC)c(CC)c1. The van der Waals surface area contributed by atoms with Crippen LogP contribution in [-0.2, 0) is 22.4 Å². The third kappa shape index (κ3) is 3.24. The highest BCUT2D eigenvalue weighted by Gasteiger charge is 2.12. The van der Waals surface area contributed by atoms with Crippen molar-refractivity contribution >= 4 is 5.97 Å². The normalized spacial score (nSPS) is 9.67. The molecule has 0 aromatic heterocycles. The Morgan fingerprint density at radius 1 is 1.39 bits per heavy atom. The quantitative estimate of drug-likeness (QED) is 0.749. The van der Waals surface area contributed by atoms with Crippen LogP contribution in [0.3, 0.4) is 0 Å². The monoisotopic (exact) mass is 247 g/mol. The van der Waals surface area contributed by atoms with Gasteiger partial charge in [-0.25, -0.2) is 0 Å². The lowest BCUT2D eigenvalue weighted by atomic mass is 10.0. The van der Waals surface area contributed by atoms with E-state index in [0.717, 1.165) is 17.5 Å². The fourth-order valence-electron chi connectivity index (χ4n) is 1.82. The summed E-state index contributed by atoms with van der Waals surface area (Å²) >= 11 is 0. The second kappa shape index (κ2) is 6.65. The van der Waals surface area contributed by atoms with Gasteiger partial charge in [-0.2, -0.15) is 5.26 Å². The van der Waals surface area contributed by atoms with E-state index in [-0.39, 0.29) is 12.4 Å². The van der Waals surface area contributed by atoms with E-state index in [1.807, 2.05) is 13.0 Å². The first-order valence-electron chi connectivity index (χ1n) is 5.91. The van der Waals surface area contributed by atoms with Crippen molar-refractivity contribution in [3.05, 3.63) is 28.8 Å². The van der Waals surface area contributed by atoms with Gasteiger partial charge >= 0.3 is 5.97 Å². The van der Waals surface area contributed by atoms with Gasteiger partial charge in [0.15, 0.2) is 0 Å². The minimum Gasteiger partial charge on any atom is -0.495 e. The summed E-state index contributed by atoms with van der Waals surface area (Å²) in [6.07, 6.45) is 0.925. The van der Waals surface area contributed by atoms with Gasteiger partial charge < -0.3 is 9.47 Å². The van der Waals surface area contributed by atoms with Crippen LogP contribution in [0, 0.1) is 11.3 Å². The lowest BCUT2D eigenvalue weighted by Gasteiger charge is -2.11. The molecule has 0 bridgehead atoms. The maximum absolute atomic E-state index is 11.4. The number of hydrogen-bond donors (Lipinski definition) is 0. The van der Waals surface area contributed by atoms with Crippen LogP contribution in [0.1, 0.15) is 30.5 Å². The summed E-state index contributed by atoms with van der Waals surface area (Å²) in [6.45, 7) is 4.11. The van der Waals surface area contributed by atoms with Crippen molar-refractivity contribution in [3.8, 4) is 11.8 Å². The number of ether oxygens (including phenoxy) is 2. The molecule has 1 aromatic rings. The maximum atomic E-state index is 11.4. The highest BCUT2D eigenvalue weighted by molar-refractivity contribution is 5.73. The Labute approximate surface area is 107 Å². The molecule has 1 aromatic carbocycles. The molecule has 18 heavy (non-hydrogen) atoms. The molecule has 0 amide bonds. The molecule has 0 heterocycles. The Bertz CT molecular complexity index is 475. The summed E-state index contributed by atoms with van der Waals surface area (Å²) in [5.41, 5.74) is 2.16. The molecule has 0 unspecified atom stereocenters. The van der Waals surface area contributed by atoms with Crippen molar-refractivity contribution in [3.63, 3.8) is 0 Å². The van der Waals surface area contributed by atoms with Gasteiger partial charge in [-0.1, -0.05) is 13.0 Å². The molecule has 4 heteroatoms. The molecule has 96 valence electrons. The average Bonchev–Trinajstić information content (AvgIpc) is 2.37. The van der Waals surface area contributed by atoms with Crippen LogP contribution in [0.2, 0.25) is 0 Å². The Kier molecular flexibility index (Phi) is 5.19. The molecule has 0 aliphatic carbocycles. The summed E-state index contributed by atoms with van der Waals surface area (Å²) in [6, 6.07) is 5.65. The fraction of sp³-hybridized carbons (Fsp3) is 0.429. The Balaban J connectivity index is 3.08. The van der Waals surface area contributed by atoms with E-state index in [1.54, 1.807) is 20.1 Å². The second-order valence-corrected chi connectivity index (χ2v) is 3.78. The lowest BCUT2D eigenvalue weighted by Crippen LogP contribution is -2.08. The zero-order valence-corrected chi connectivity index (χ0v) is 10.9. The minimum atomic E-state index is -0.284. The molecule has 4 nitrogen and oxygen atoms in total. The predicted molar refractivity (Wildman–Crippen MR) is 67.4 cm³/mol. The van der Waals surface area contributed by atoms with Crippen LogP contribution >= 0.6 is 0 Å². The molecule has 0 atom stereocenters. The summed E-state index contributed by atoms with van der Waals surface area (Å²) in [5, 5.41) is 9.09. The van der Waals surface area contributed by atoms with Gasteiger partial charge in [0.25, 0.3) is 0 Å². The molecule has 0 aliphatic heterocycles. The highest BCUT2D eigenvalue weighted by Crippen LogP contribution is 2.26. The Morgan fingerprint density at radius 3 is 2.61 bits per heavy atom. The number of carbonyl (C=O) groups is 1. The van der Waals surface area contributed by atoms with Crippen molar-refractivity contribution in [1.29, 1.82) is 5.26 Å². The molecule has 0 fully saturated rings. The van der Waals surface area contributed by atoms with Crippen molar-refractivity contribution < 1.29 is 14.3 Å². The van der Waals surface area contributed by atoms with Gasteiger partial charge in [0.05, 0.1) is 25.7 Å². The number of methoxy groups -OCH3 is 1. The van der Waals surface area contributed by atoms with Gasteiger partial charge in [-0.15, -0.1) is 0 Å². The van der Waals surface area contributed by atoms with Crippen molar-refractivity contribution in [2.24, 2.45) is 0 Å². The van der Waals surface area contributed by atoms with Crippen LogP contribution in [0.15, 0.2) is 12.1 Å². The molecule has 0 saturated carbocycles. The minimum absolute atomic E-state index is 0.180. The molecule has 0 spiro atoms. The molecule has 0 N–H and O–H groups in total. The first kappa shape index (κ1) is 14.0. The van der Waals surface area contributed by atoms with Crippen LogP contribution in [-0.4, -0.2) is 19.7 Å². The van der Waals surface area contributed by atoms with Crippen LogP contribution in [0.25, 0.3) is 0 Å². The molecular weight excluding hydrogens is 230 g/mol. The first-order chi connectivity index (χ1) is 8.65. The van der Waals surface area contributed by atoms with Gasteiger partial charge in [0.1, 0.15) is 11.8 Å². The molecule has 0 aliphatic rings.